The lowest BCUT2D eigenvalue weighted by Crippen LogP contribution is -2.15. The predicted octanol–water partition coefficient (Wildman–Crippen LogP) is 1.69. The number of hydrogen-bond donors (Lipinski definition) is 1. The van der Waals surface area contributed by atoms with E-state index in [-0.39, 0.29) is 37.1 Å². The van der Waals surface area contributed by atoms with Gasteiger partial charge in [-0.25, -0.2) is 4.98 Å². The lowest BCUT2D eigenvalue weighted by atomic mass is 10.3. The number of aryl methyl sites for hydroxylation is 2. The van der Waals surface area contributed by atoms with E-state index < -0.39 is 4.92 Å². The van der Waals surface area contributed by atoms with Crippen molar-refractivity contribution in [2.24, 2.45) is 0 Å². The highest BCUT2D eigenvalue weighted by Gasteiger charge is 2.16. The molecule has 0 aliphatic rings. The molecule has 2 aromatic rings. The Bertz CT molecular complexity index is 784. The van der Waals surface area contributed by atoms with E-state index in [1.54, 1.807) is 19.2 Å². The van der Waals surface area contributed by atoms with Gasteiger partial charge in [-0.2, -0.15) is 4.68 Å². The van der Waals surface area contributed by atoms with Crippen LogP contribution in [0, 0.1) is 17.0 Å². The number of rotatable bonds is 8. The molecule has 0 radical (unpaired) electrons. The molecule has 2 aromatic heterocycles. The van der Waals surface area contributed by atoms with Gasteiger partial charge in [0.2, 0.25) is 5.91 Å². The lowest BCUT2D eigenvalue weighted by Gasteiger charge is -2.01. The Kier molecular flexibility index (Phi) is 6.17. The van der Waals surface area contributed by atoms with Crippen LogP contribution >= 0.6 is 11.3 Å². The van der Waals surface area contributed by atoms with E-state index in [1.807, 2.05) is 0 Å². The first-order valence-electron chi connectivity index (χ1n) is 7.47. The molecule has 0 saturated heterocycles. The summed E-state index contributed by atoms with van der Waals surface area (Å²) in [6.45, 7) is 3.92. The van der Waals surface area contributed by atoms with Crippen LogP contribution in [0.3, 0.4) is 0 Å². The summed E-state index contributed by atoms with van der Waals surface area (Å²) in [6, 6.07) is 1.35. The van der Waals surface area contributed by atoms with Crippen molar-refractivity contribution in [2.45, 2.75) is 33.2 Å². The summed E-state index contributed by atoms with van der Waals surface area (Å²) in [6.07, 6.45) is 0.142. The summed E-state index contributed by atoms with van der Waals surface area (Å²) in [5.41, 5.74) is 1.13. The zero-order valence-electron chi connectivity index (χ0n) is 13.7. The summed E-state index contributed by atoms with van der Waals surface area (Å²) in [5.74, 6) is -0.919. The highest BCUT2D eigenvalue weighted by Crippen LogP contribution is 2.17. The van der Waals surface area contributed by atoms with Crippen molar-refractivity contribution in [3.8, 4) is 0 Å². The Morgan fingerprint density at radius 3 is 2.88 bits per heavy atom. The van der Waals surface area contributed by atoms with Gasteiger partial charge in [0.25, 0.3) is 0 Å². The quantitative estimate of drug-likeness (QED) is 0.427. The monoisotopic (exact) mass is 367 g/mol. The summed E-state index contributed by atoms with van der Waals surface area (Å²) in [5, 5.41) is 19.2. The predicted molar refractivity (Wildman–Crippen MR) is 89.3 cm³/mol. The summed E-state index contributed by atoms with van der Waals surface area (Å²) >= 11 is 1.21. The number of aromatic nitrogens is 3. The Morgan fingerprint density at radius 2 is 2.24 bits per heavy atom. The minimum absolute atomic E-state index is 0.0519. The summed E-state index contributed by atoms with van der Waals surface area (Å²) < 4.78 is 6.24. The molecule has 0 spiro atoms. The molecule has 25 heavy (non-hydrogen) atoms. The topological polar surface area (TPSA) is 129 Å². The van der Waals surface area contributed by atoms with Gasteiger partial charge in [-0.3, -0.25) is 9.59 Å². The van der Waals surface area contributed by atoms with Gasteiger partial charge in [-0.15, -0.1) is 11.3 Å². The minimum atomic E-state index is -0.579. The Morgan fingerprint density at radius 1 is 1.48 bits per heavy atom. The van der Waals surface area contributed by atoms with E-state index in [9.17, 15) is 19.7 Å². The molecule has 0 atom stereocenters. The number of esters is 1. The normalized spacial score (nSPS) is 10.5. The van der Waals surface area contributed by atoms with E-state index in [4.69, 9.17) is 4.74 Å². The molecule has 0 fully saturated rings. The molecule has 0 bridgehead atoms. The molecular weight excluding hydrogens is 350 g/mol. The van der Waals surface area contributed by atoms with Gasteiger partial charge in [0.15, 0.2) is 5.13 Å². The minimum Gasteiger partial charge on any atom is -0.466 e. The summed E-state index contributed by atoms with van der Waals surface area (Å²) in [7, 11) is 0. The average molecular weight is 367 g/mol. The van der Waals surface area contributed by atoms with Gasteiger partial charge in [-0.1, -0.05) is 0 Å². The van der Waals surface area contributed by atoms with Crippen LogP contribution in [0.4, 0.5) is 10.9 Å². The Labute approximate surface area is 147 Å². The zero-order valence-corrected chi connectivity index (χ0v) is 14.5. The van der Waals surface area contributed by atoms with Gasteiger partial charge in [-0.05, 0) is 18.8 Å². The standard InChI is InChI=1S/C14H17N5O5S/c1-3-24-13(21)7-10-8-25-14(15-10)16-12(20)4-5-18-9(2)6-11(17-18)19(22)23/h6,8H,3-5,7H2,1-2H3,(H,15,16,20). The van der Waals surface area contributed by atoms with Gasteiger partial charge >= 0.3 is 11.8 Å². The second-order valence-electron chi connectivity index (χ2n) is 5.05. The third-order valence-electron chi connectivity index (χ3n) is 3.13. The van der Waals surface area contributed by atoms with Crippen LogP contribution in [-0.4, -0.2) is 38.2 Å². The number of anilines is 1. The lowest BCUT2D eigenvalue weighted by molar-refractivity contribution is -0.389. The van der Waals surface area contributed by atoms with E-state index >= 15 is 0 Å². The number of ether oxygens (including phenoxy) is 1. The first-order chi connectivity index (χ1) is 11.9. The highest BCUT2D eigenvalue weighted by molar-refractivity contribution is 7.13. The molecule has 0 aliphatic heterocycles. The Hall–Kier alpha value is -2.82. The smallest absolute Gasteiger partial charge is 0.390 e. The maximum absolute atomic E-state index is 12.0. The third kappa shape index (κ3) is 5.35. The number of nitro groups is 1. The van der Waals surface area contributed by atoms with Gasteiger partial charge in [0, 0.05) is 11.8 Å². The number of carbonyl (C=O) groups excluding carboxylic acids is 2. The summed E-state index contributed by atoms with van der Waals surface area (Å²) in [4.78, 5) is 37.6. The van der Waals surface area contributed by atoms with E-state index in [1.165, 1.54) is 22.1 Å². The van der Waals surface area contributed by atoms with Gasteiger partial charge in [0.05, 0.1) is 42.1 Å². The van der Waals surface area contributed by atoms with Crippen LogP contribution in [0.5, 0.6) is 0 Å². The van der Waals surface area contributed by atoms with Crippen LogP contribution in [0.2, 0.25) is 0 Å². The molecule has 2 heterocycles. The van der Waals surface area contributed by atoms with Crippen molar-refractivity contribution in [3.63, 3.8) is 0 Å². The fraction of sp³-hybridized carbons (Fsp3) is 0.429. The molecule has 0 aromatic carbocycles. The number of thiazole rings is 1. The van der Waals surface area contributed by atoms with Crippen LogP contribution < -0.4 is 5.32 Å². The fourth-order valence-corrected chi connectivity index (χ4v) is 2.73. The van der Waals surface area contributed by atoms with Crippen LogP contribution in [0.15, 0.2) is 11.4 Å². The van der Waals surface area contributed by atoms with Crippen molar-refractivity contribution in [1.29, 1.82) is 0 Å². The van der Waals surface area contributed by atoms with Crippen molar-refractivity contribution in [1.82, 2.24) is 14.8 Å². The molecule has 1 amide bonds. The van der Waals surface area contributed by atoms with Crippen molar-refractivity contribution >= 4 is 34.2 Å². The maximum Gasteiger partial charge on any atom is 0.390 e. The number of nitrogens with zero attached hydrogens (tertiary/aromatic N) is 4. The molecule has 10 nitrogen and oxygen atoms in total. The first-order valence-corrected chi connectivity index (χ1v) is 8.35. The molecule has 134 valence electrons. The largest absolute Gasteiger partial charge is 0.466 e. The molecule has 0 unspecified atom stereocenters. The molecule has 1 N–H and O–H groups in total. The second kappa shape index (κ2) is 8.33. The van der Waals surface area contributed by atoms with Crippen LogP contribution in [-0.2, 0) is 27.3 Å². The van der Waals surface area contributed by atoms with E-state index in [0.29, 0.717) is 23.1 Å². The van der Waals surface area contributed by atoms with Crippen molar-refractivity contribution < 1.29 is 19.2 Å². The number of amides is 1. The Balaban J connectivity index is 1.85. The number of carbonyl (C=O) groups is 2. The average Bonchev–Trinajstić information content (AvgIpc) is 3.12. The van der Waals surface area contributed by atoms with Crippen molar-refractivity contribution in [2.75, 3.05) is 11.9 Å². The second-order valence-corrected chi connectivity index (χ2v) is 5.91. The number of nitrogens with one attached hydrogen (secondary N) is 1. The molecular formula is C14H17N5O5S. The van der Waals surface area contributed by atoms with E-state index in [2.05, 4.69) is 15.4 Å². The molecule has 11 heteroatoms. The maximum atomic E-state index is 12.0. The first kappa shape index (κ1) is 18.5. The van der Waals surface area contributed by atoms with E-state index in [0.717, 1.165) is 0 Å². The molecule has 2 rings (SSSR count). The third-order valence-corrected chi connectivity index (χ3v) is 3.94. The number of hydrogen-bond acceptors (Lipinski definition) is 8. The fourth-order valence-electron chi connectivity index (χ4n) is 2.00. The zero-order chi connectivity index (χ0) is 18.4. The van der Waals surface area contributed by atoms with Crippen LogP contribution in [0.25, 0.3) is 0 Å². The molecule has 0 saturated carbocycles. The highest BCUT2D eigenvalue weighted by atomic mass is 32.1. The van der Waals surface area contributed by atoms with Gasteiger partial charge < -0.3 is 20.2 Å². The van der Waals surface area contributed by atoms with Crippen molar-refractivity contribution in [3.05, 3.63) is 32.9 Å². The SMILES string of the molecule is CCOC(=O)Cc1csc(NC(=O)CCn2nc([N+](=O)[O-])cc2C)n1. The van der Waals surface area contributed by atoms with Gasteiger partial charge in [0.1, 0.15) is 0 Å². The molecule has 0 aliphatic carbocycles. The van der Waals surface area contributed by atoms with Crippen LogP contribution in [0.1, 0.15) is 24.7 Å².